The lowest BCUT2D eigenvalue weighted by Gasteiger charge is -2.12. The molecule has 0 bridgehead atoms. The minimum Gasteiger partial charge on any atom is -0.322 e. The second kappa shape index (κ2) is 7.79. The van der Waals surface area contributed by atoms with Gasteiger partial charge in [0.05, 0.1) is 15.5 Å². The van der Waals surface area contributed by atoms with Gasteiger partial charge in [-0.05, 0) is 49.7 Å². The van der Waals surface area contributed by atoms with Gasteiger partial charge in [0.2, 0.25) is 10.0 Å². The number of carbonyl (C=O) groups excluding carboxylic acids is 1. The summed E-state index contributed by atoms with van der Waals surface area (Å²) < 4.78 is 27.0. The van der Waals surface area contributed by atoms with E-state index in [9.17, 15) is 13.2 Å². The highest BCUT2D eigenvalue weighted by atomic mass is 35.5. The Morgan fingerprint density at radius 2 is 1.75 bits per heavy atom. The Morgan fingerprint density at radius 3 is 2.33 bits per heavy atom. The van der Waals surface area contributed by atoms with Gasteiger partial charge in [-0.25, -0.2) is 13.1 Å². The molecule has 0 saturated heterocycles. The highest BCUT2D eigenvalue weighted by Gasteiger charge is 2.16. The normalized spacial score (nSPS) is 12.6. The van der Waals surface area contributed by atoms with E-state index in [0.29, 0.717) is 22.7 Å². The molecule has 2 rings (SSSR count). The first-order valence-corrected chi connectivity index (χ1v) is 9.38. The lowest BCUT2D eigenvalue weighted by molar-refractivity contribution is 0.102. The van der Waals surface area contributed by atoms with E-state index >= 15 is 0 Å². The van der Waals surface area contributed by atoms with Crippen molar-refractivity contribution in [3.63, 3.8) is 0 Å². The molecule has 128 valence electrons. The Kier molecular flexibility index (Phi) is 5.99. The third-order valence-electron chi connectivity index (χ3n) is 3.51. The maximum atomic E-state index is 12.2. The van der Waals surface area contributed by atoms with Gasteiger partial charge in [-0.2, -0.15) is 0 Å². The van der Waals surface area contributed by atoms with Crippen LogP contribution < -0.4 is 10.0 Å². The number of halogens is 1. The molecular weight excluding hydrogens is 348 g/mol. The Hall–Kier alpha value is -1.89. The molecule has 0 aliphatic rings. The number of hydrogen-bond acceptors (Lipinski definition) is 3. The smallest absolute Gasteiger partial charge is 0.257 e. The van der Waals surface area contributed by atoms with Crippen LogP contribution in [0.25, 0.3) is 0 Å². The molecule has 1 amide bonds. The molecule has 0 unspecified atom stereocenters. The van der Waals surface area contributed by atoms with Crippen LogP contribution >= 0.6 is 11.6 Å². The van der Waals surface area contributed by atoms with Crippen molar-refractivity contribution < 1.29 is 13.2 Å². The van der Waals surface area contributed by atoms with Gasteiger partial charge < -0.3 is 5.32 Å². The maximum absolute atomic E-state index is 12.2. The molecule has 24 heavy (non-hydrogen) atoms. The molecule has 0 radical (unpaired) electrons. The van der Waals surface area contributed by atoms with Gasteiger partial charge >= 0.3 is 0 Å². The zero-order chi connectivity index (χ0) is 17.7. The Labute approximate surface area is 147 Å². The number of anilines is 1. The van der Waals surface area contributed by atoms with Crippen molar-refractivity contribution in [1.82, 2.24) is 4.72 Å². The van der Waals surface area contributed by atoms with Crippen LogP contribution in [0.15, 0.2) is 53.4 Å². The van der Waals surface area contributed by atoms with E-state index in [0.717, 1.165) is 0 Å². The topological polar surface area (TPSA) is 75.3 Å². The molecule has 0 aliphatic heterocycles. The molecule has 0 fully saturated rings. The fourth-order valence-corrected chi connectivity index (χ4v) is 3.53. The summed E-state index contributed by atoms with van der Waals surface area (Å²) in [6, 6.07) is 12.5. The van der Waals surface area contributed by atoms with Gasteiger partial charge in [0.15, 0.2) is 0 Å². The van der Waals surface area contributed by atoms with E-state index in [1.807, 2.05) is 6.92 Å². The number of amides is 1. The summed E-state index contributed by atoms with van der Waals surface area (Å²) in [5, 5.41) is 3.04. The monoisotopic (exact) mass is 366 g/mol. The van der Waals surface area contributed by atoms with Crippen LogP contribution in [0.4, 0.5) is 5.69 Å². The summed E-state index contributed by atoms with van der Waals surface area (Å²) in [6.45, 7) is 3.70. The third-order valence-corrected chi connectivity index (χ3v) is 5.44. The maximum Gasteiger partial charge on any atom is 0.257 e. The van der Waals surface area contributed by atoms with Gasteiger partial charge in [0, 0.05) is 11.7 Å². The second-order valence-corrected chi connectivity index (χ2v) is 7.51. The van der Waals surface area contributed by atoms with Crippen LogP contribution in [0.2, 0.25) is 5.02 Å². The van der Waals surface area contributed by atoms with Crippen LogP contribution in [0.3, 0.4) is 0 Å². The molecule has 2 aromatic carbocycles. The highest BCUT2D eigenvalue weighted by molar-refractivity contribution is 7.89. The van der Waals surface area contributed by atoms with Crippen LogP contribution in [0.5, 0.6) is 0 Å². The lowest BCUT2D eigenvalue weighted by atomic mass is 10.2. The fraction of sp³-hybridized carbons (Fsp3) is 0.235. The predicted molar refractivity (Wildman–Crippen MR) is 95.9 cm³/mol. The zero-order valence-electron chi connectivity index (χ0n) is 13.4. The van der Waals surface area contributed by atoms with Crippen molar-refractivity contribution in [3.8, 4) is 0 Å². The SMILES string of the molecule is CC[C@H](C)NS(=O)(=O)c1ccc(NC(=O)c2ccccc2Cl)cc1. The summed E-state index contributed by atoms with van der Waals surface area (Å²) in [6.07, 6.45) is 0.700. The molecule has 2 aromatic rings. The molecule has 7 heteroatoms. The first kappa shape index (κ1) is 18.4. The van der Waals surface area contributed by atoms with Crippen LogP contribution in [0.1, 0.15) is 30.6 Å². The number of sulfonamides is 1. The van der Waals surface area contributed by atoms with Crippen molar-refractivity contribution in [2.45, 2.75) is 31.2 Å². The number of nitrogens with one attached hydrogen (secondary N) is 2. The van der Waals surface area contributed by atoms with Gasteiger partial charge in [-0.15, -0.1) is 0 Å². The van der Waals surface area contributed by atoms with Crippen molar-refractivity contribution in [2.24, 2.45) is 0 Å². The van der Waals surface area contributed by atoms with Gasteiger partial charge in [0.25, 0.3) is 5.91 Å². The molecule has 0 heterocycles. The summed E-state index contributed by atoms with van der Waals surface area (Å²) in [5.41, 5.74) is 0.844. The summed E-state index contributed by atoms with van der Waals surface area (Å²) in [5.74, 6) is -0.353. The molecule has 0 aromatic heterocycles. The van der Waals surface area contributed by atoms with E-state index in [1.54, 1.807) is 43.3 Å². The molecular formula is C17H19ClN2O3S. The van der Waals surface area contributed by atoms with Gasteiger partial charge in [-0.3, -0.25) is 4.79 Å². The van der Waals surface area contributed by atoms with Crippen LogP contribution in [-0.4, -0.2) is 20.4 Å². The van der Waals surface area contributed by atoms with E-state index in [4.69, 9.17) is 11.6 Å². The summed E-state index contributed by atoms with van der Waals surface area (Å²) >= 11 is 5.98. The number of benzene rings is 2. The van der Waals surface area contributed by atoms with Crippen molar-refractivity contribution in [2.75, 3.05) is 5.32 Å². The van der Waals surface area contributed by atoms with E-state index in [-0.39, 0.29) is 16.8 Å². The standard InChI is InChI=1S/C17H19ClN2O3S/c1-3-12(2)20-24(22,23)14-10-8-13(9-11-14)19-17(21)15-6-4-5-7-16(15)18/h4-12,20H,3H2,1-2H3,(H,19,21)/t12-/m0/s1. The molecule has 1 atom stereocenters. The highest BCUT2D eigenvalue weighted by Crippen LogP contribution is 2.19. The molecule has 0 aliphatic carbocycles. The first-order valence-electron chi connectivity index (χ1n) is 7.51. The van der Waals surface area contributed by atoms with Gasteiger partial charge in [-0.1, -0.05) is 30.7 Å². The molecule has 5 nitrogen and oxygen atoms in total. The Bertz CT molecular complexity index is 820. The van der Waals surface area contributed by atoms with Crippen LogP contribution in [0, 0.1) is 0 Å². The number of rotatable bonds is 6. The Balaban J connectivity index is 2.13. The van der Waals surface area contributed by atoms with Crippen LogP contribution in [-0.2, 0) is 10.0 Å². The van der Waals surface area contributed by atoms with Crippen molar-refractivity contribution >= 4 is 33.2 Å². The molecule has 2 N–H and O–H groups in total. The first-order chi connectivity index (χ1) is 11.3. The summed E-state index contributed by atoms with van der Waals surface area (Å²) in [7, 11) is -3.56. The number of hydrogen-bond donors (Lipinski definition) is 2. The lowest BCUT2D eigenvalue weighted by Crippen LogP contribution is -2.31. The molecule has 0 saturated carbocycles. The molecule has 0 spiro atoms. The fourth-order valence-electron chi connectivity index (χ4n) is 1.98. The third kappa shape index (κ3) is 4.56. The largest absolute Gasteiger partial charge is 0.322 e. The van der Waals surface area contributed by atoms with Gasteiger partial charge in [0.1, 0.15) is 0 Å². The average molecular weight is 367 g/mol. The number of carbonyl (C=O) groups is 1. The van der Waals surface area contributed by atoms with E-state index in [2.05, 4.69) is 10.0 Å². The van der Waals surface area contributed by atoms with E-state index < -0.39 is 10.0 Å². The minimum absolute atomic E-state index is 0.144. The summed E-state index contributed by atoms with van der Waals surface area (Å²) in [4.78, 5) is 12.3. The minimum atomic E-state index is -3.56. The van der Waals surface area contributed by atoms with E-state index in [1.165, 1.54) is 12.1 Å². The average Bonchev–Trinajstić information content (AvgIpc) is 2.55. The van der Waals surface area contributed by atoms with Crippen molar-refractivity contribution in [3.05, 3.63) is 59.1 Å². The second-order valence-electron chi connectivity index (χ2n) is 5.39. The Morgan fingerprint density at radius 1 is 1.12 bits per heavy atom. The predicted octanol–water partition coefficient (Wildman–Crippen LogP) is 3.67. The van der Waals surface area contributed by atoms with Crippen molar-refractivity contribution in [1.29, 1.82) is 0 Å². The quantitative estimate of drug-likeness (QED) is 0.819. The zero-order valence-corrected chi connectivity index (χ0v) is 15.0.